The van der Waals surface area contributed by atoms with E-state index in [4.69, 9.17) is 16.3 Å². The molecule has 1 aliphatic heterocycles. The number of carbonyl (C=O) groups excluding carboxylic acids is 2. The Labute approximate surface area is 192 Å². The molecule has 32 heavy (non-hydrogen) atoms. The van der Waals surface area contributed by atoms with Crippen LogP contribution in [0.4, 0.5) is 5.69 Å². The van der Waals surface area contributed by atoms with Gasteiger partial charge in [-0.25, -0.2) is 13.2 Å². The Bertz CT molecular complexity index is 1110. The third-order valence-electron chi connectivity index (χ3n) is 5.21. The lowest BCUT2D eigenvalue weighted by Crippen LogP contribution is -2.32. The number of aryl methyl sites for hydroxylation is 1. The van der Waals surface area contributed by atoms with Gasteiger partial charge in [0.1, 0.15) is 11.3 Å². The number of hydrogen-bond donors (Lipinski definition) is 2. The number of rotatable bonds is 6. The molecule has 10 heteroatoms. The van der Waals surface area contributed by atoms with Gasteiger partial charge in [0.15, 0.2) is 6.61 Å². The standard InChI is InChI=1S/C22H25ClN2O6S/c1-15-7-6-8-17(21(15)27)22(28)31-14-20(26)24-19-13-16(9-10-18(19)23)32(29,30)25-11-4-2-3-5-12-25/h6-10,13,27H,2-5,11-12,14H2,1H3,(H,24,26). The monoisotopic (exact) mass is 480 g/mol. The number of aromatic hydroxyl groups is 1. The van der Waals surface area contributed by atoms with Gasteiger partial charge in [0.05, 0.1) is 15.6 Å². The molecule has 0 unspecified atom stereocenters. The zero-order valence-corrected chi connectivity index (χ0v) is 19.2. The zero-order valence-electron chi connectivity index (χ0n) is 17.6. The number of halogens is 1. The van der Waals surface area contributed by atoms with E-state index in [1.807, 2.05) is 0 Å². The van der Waals surface area contributed by atoms with Crippen molar-refractivity contribution in [3.63, 3.8) is 0 Å². The van der Waals surface area contributed by atoms with E-state index < -0.39 is 28.5 Å². The molecule has 1 fully saturated rings. The second-order valence-corrected chi connectivity index (χ2v) is 9.90. The second kappa shape index (κ2) is 10.3. The number of anilines is 1. The van der Waals surface area contributed by atoms with Crippen molar-refractivity contribution in [2.24, 2.45) is 0 Å². The number of amides is 1. The maximum absolute atomic E-state index is 13.0. The van der Waals surface area contributed by atoms with Crippen molar-refractivity contribution in [1.82, 2.24) is 4.31 Å². The highest BCUT2D eigenvalue weighted by molar-refractivity contribution is 7.89. The van der Waals surface area contributed by atoms with E-state index >= 15 is 0 Å². The summed E-state index contributed by atoms with van der Waals surface area (Å²) in [5.41, 5.74) is 0.543. The average molecular weight is 481 g/mol. The minimum absolute atomic E-state index is 0.0285. The highest BCUT2D eigenvalue weighted by atomic mass is 35.5. The lowest BCUT2D eigenvalue weighted by Gasteiger charge is -2.20. The van der Waals surface area contributed by atoms with Crippen LogP contribution in [0.2, 0.25) is 5.02 Å². The van der Waals surface area contributed by atoms with Crippen LogP contribution in [0.3, 0.4) is 0 Å². The molecular weight excluding hydrogens is 456 g/mol. The summed E-state index contributed by atoms with van der Waals surface area (Å²) in [6.07, 6.45) is 3.59. The molecule has 0 saturated carbocycles. The number of nitrogens with zero attached hydrogens (tertiary/aromatic N) is 1. The number of para-hydroxylation sites is 1. The van der Waals surface area contributed by atoms with Gasteiger partial charge in [-0.1, -0.05) is 36.6 Å². The van der Waals surface area contributed by atoms with Crippen LogP contribution < -0.4 is 5.32 Å². The van der Waals surface area contributed by atoms with Crippen LogP contribution >= 0.6 is 11.6 Å². The van der Waals surface area contributed by atoms with Gasteiger partial charge in [-0.05, 0) is 49.6 Å². The van der Waals surface area contributed by atoms with Gasteiger partial charge in [0.2, 0.25) is 10.0 Å². The van der Waals surface area contributed by atoms with Gasteiger partial charge in [-0.3, -0.25) is 4.79 Å². The van der Waals surface area contributed by atoms with Crippen molar-refractivity contribution < 1.29 is 27.9 Å². The summed E-state index contributed by atoms with van der Waals surface area (Å²) >= 11 is 6.14. The quantitative estimate of drug-likeness (QED) is 0.609. The number of carbonyl (C=O) groups is 2. The molecule has 1 saturated heterocycles. The van der Waals surface area contributed by atoms with Crippen LogP contribution in [0.25, 0.3) is 0 Å². The smallest absolute Gasteiger partial charge is 0.342 e. The Morgan fingerprint density at radius 1 is 1.12 bits per heavy atom. The van der Waals surface area contributed by atoms with E-state index in [9.17, 15) is 23.1 Å². The topological polar surface area (TPSA) is 113 Å². The first-order chi connectivity index (χ1) is 15.2. The van der Waals surface area contributed by atoms with Crippen molar-refractivity contribution in [2.45, 2.75) is 37.5 Å². The summed E-state index contributed by atoms with van der Waals surface area (Å²) in [7, 11) is -3.72. The van der Waals surface area contributed by atoms with Crippen molar-refractivity contribution in [2.75, 3.05) is 25.0 Å². The predicted octanol–water partition coefficient (Wildman–Crippen LogP) is 3.71. The average Bonchev–Trinajstić information content (AvgIpc) is 3.05. The molecule has 2 aromatic rings. The van der Waals surface area contributed by atoms with Gasteiger partial charge in [-0.15, -0.1) is 0 Å². The third-order valence-corrected chi connectivity index (χ3v) is 7.43. The fourth-order valence-electron chi connectivity index (χ4n) is 3.41. The first-order valence-corrected chi connectivity index (χ1v) is 12.1. The maximum atomic E-state index is 13.0. The number of hydrogen-bond acceptors (Lipinski definition) is 6. The van der Waals surface area contributed by atoms with Gasteiger partial charge in [-0.2, -0.15) is 4.31 Å². The van der Waals surface area contributed by atoms with Crippen molar-refractivity contribution in [3.05, 3.63) is 52.5 Å². The van der Waals surface area contributed by atoms with E-state index in [1.54, 1.807) is 19.1 Å². The van der Waals surface area contributed by atoms with Crippen molar-refractivity contribution in [1.29, 1.82) is 0 Å². The molecule has 172 valence electrons. The Morgan fingerprint density at radius 3 is 2.50 bits per heavy atom. The van der Waals surface area contributed by atoms with Crippen LogP contribution in [0.15, 0.2) is 41.3 Å². The van der Waals surface area contributed by atoms with E-state index in [-0.39, 0.29) is 26.9 Å². The highest BCUT2D eigenvalue weighted by Crippen LogP contribution is 2.28. The normalized spacial score (nSPS) is 15.1. The maximum Gasteiger partial charge on any atom is 0.342 e. The second-order valence-electron chi connectivity index (χ2n) is 7.56. The van der Waals surface area contributed by atoms with E-state index in [2.05, 4.69) is 5.32 Å². The van der Waals surface area contributed by atoms with Crippen LogP contribution in [0, 0.1) is 6.92 Å². The Morgan fingerprint density at radius 2 is 1.81 bits per heavy atom. The molecule has 1 amide bonds. The molecule has 2 N–H and O–H groups in total. The predicted molar refractivity (Wildman–Crippen MR) is 120 cm³/mol. The SMILES string of the molecule is Cc1cccc(C(=O)OCC(=O)Nc2cc(S(=O)(=O)N3CCCCCC3)ccc2Cl)c1O. The number of phenolic OH excluding ortho intramolecular Hbond substituents is 1. The number of nitrogens with one attached hydrogen (secondary N) is 1. The van der Waals surface area contributed by atoms with Gasteiger partial charge in [0.25, 0.3) is 5.91 Å². The van der Waals surface area contributed by atoms with Gasteiger partial charge in [0, 0.05) is 13.1 Å². The fourth-order valence-corrected chi connectivity index (χ4v) is 5.12. The first kappa shape index (κ1) is 24.0. The number of esters is 1. The molecule has 1 heterocycles. The molecule has 1 aliphatic rings. The molecule has 0 aromatic heterocycles. The molecule has 3 rings (SSSR count). The molecular formula is C22H25ClN2O6S. The van der Waals surface area contributed by atoms with E-state index in [1.165, 1.54) is 28.6 Å². The number of phenols is 1. The highest BCUT2D eigenvalue weighted by Gasteiger charge is 2.26. The number of ether oxygens (including phenoxy) is 1. The Hall–Kier alpha value is -2.62. The molecule has 8 nitrogen and oxygen atoms in total. The number of benzene rings is 2. The zero-order chi connectivity index (χ0) is 23.3. The number of sulfonamides is 1. The Kier molecular flexibility index (Phi) is 7.76. The summed E-state index contributed by atoms with van der Waals surface area (Å²) in [5.74, 6) is -1.77. The van der Waals surface area contributed by atoms with Crippen LogP contribution in [0.1, 0.15) is 41.6 Å². The Balaban J connectivity index is 1.68. The lowest BCUT2D eigenvalue weighted by molar-refractivity contribution is -0.119. The van der Waals surface area contributed by atoms with Crippen molar-refractivity contribution in [3.8, 4) is 5.75 Å². The molecule has 0 bridgehead atoms. The molecule has 0 radical (unpaired) electrons. The molecule has 2 aromatic carbocycles. The largest absolute Gasteiger partial charge is 0.507 e. The molecule has 0 atom stereocenters. The van der Waals surface area contributed by atoms with Gasteiger partial charge >= 0.3 is 5.97 Å². The summed E-state index contributed by atoms with van der Waals surface area (Å²) < 4.78 is 32.4. The molecule has 0 aliphatic carbocycles. The van der Waals surface area contributed by atoms with Crippen LogP contribution in [-0.4, -0.2) is 49.4 Å². The lowest BCUT2D eigenvalue weighted by atomic mass is 10.1. The summed E-state index contributed by atoms with van der Waals surface area (Å²) in [5, 5.41) is 12.6. The summed E-state index contributed by atoms with van der Waals surface area (Å²) in [4.78, 5) is 24.5. The first-order valence-electron chi connectivity index (χ1n) is 10.3. The van der Waals surface area contributed by atoms with Crippen molar-refractivity contribution >= 4 is 39.2 Å². The van der Waals surface area contributed by atoms with Gasteiger partial charge < -0.3 is 15.2 Å². The summed E-state index contributed by atoms with van der Waals surface area (Å²) in [6.45, 7) is 1.90. The molecule has 0 spiro atoms. The van der Waals surface area contributed by atoms with Crippen LogP contribution in [0.5, 0.6) is 5.75 Å². The fraction of sp³-hybridized carbons (Fsp3) is 0.364. The minimum atomic E-state index is -3.72. The van der Waals surface area contributed by atoms with Crippen LogP contribution in [-0.2, 0) is 19.6 Å². The summed E-state index contributed by atoms with van der Waals surface area (Å²) in [6, 6.07) is 8.71. The van der Waals surface area contributed by atoms with E-state index in [0.717, 1.165) is 25.7 Å². The third kappa shape index (κ3) is 5.59. The van der Waals surface area contributed by atoms with E-state index in [0.29, 0.717) is 18.7 Å². The minimum Gasteiger partial charge on any atom is -0.507 e.